The van der Waals surface area contributed by atoms with Crippen molar-refractivity contribution in [2.45, 2.75) is 0 Å². The summed E-state index contributed by atoms with van der Waals surface area (Å²) >= 11 is 0. The van der Waals surface area contributed by atoms with E-state index in [0.717, 1.165) is 37.5 Å². The summed E-state index contributed by atoms with van der Waals surface area (Å²) in [4.78, 5) is 13.8. The maximum absolute atomic E-state index is 12.0. The Bertz CT molecular complexity index is 474. The monoisotopic (exact) mass is 272 g/mol. The number of benzene rings is 1. The topological polar surface area (TPSA) is 41.6 Å². The molecule has 4 heteroatoms. The molecular weight excluding hydrogens is 252 g/mol. The lowest BCUT2D eigenvalue weighted by atomic mass is 10.2. The van der Waals surface area contributed by atoms with Crippen LogP contribution in [0.4, 0.5) is 0 Å². The van der Waals surface area contributed by atoms with E-state index >= 15 is 0 Å². The van der Waals surface area contributed by atoms with Crippen molar-refractivity contribution in [3.63, 3.8) is 0 Å². The van der Waals surface area contributed by atoms with Gasteiger partial charge in [0.15, 0.2) is 0 Å². The molecule has 0 aliphatic carbocycles. The van der Waals surface area contributed by atoms with E-state index in [1.54, 1.807) is 12.2 Å². The molecule has 0 spiro atoms. The van der Waals surface area contributed by atoms with Crippen LogP contribution in [0.3, 0.4) is 0 Å². The zero-order valence-electron chi connectivity index (χ0n) is 11.5. The largest absolute Gasteiger partial charge is 0.490 e. The molecule has 106 valence electrons. The van der Waals surface area contributed by atoms with Crippen molar-refractivity contribution in [2.24, 2.45) is 0 Å². The van der Waals surface area contributed by atoms with Crippen LogP contribution in [0.5, 0.6) is 5.75 Å². The molecule has 20 heavy (non-hydrogen) atoms. The SMILES string of the molecule is C=CCOc1ccc(/C=C/C(=O)N2CCNCC2)cc1. The summed E-state index contributed by atoms with van der Waals surface area (Å²) in [6.07, 6.45) is 5.17. The molecular formula is C16H20N2O2. The van der Waals surface area contributed by atoms with Crippen molar-refractivity contribution in [3.05, 3.63) is 48.6 Å². The van der Waals surface area contributed by atoms with Gasteiger partial charge in [-0.05, 0) is 23.8 Å². The van der Waals surface area contributed by atoms with Gasteiger partial charge in [0.1, 0.15) is 12.4 Å². The molecule has 0 saturated carbocycles. The number of amides is 1. The molecule has 2 rings (SSSR count). The van der Waals surface area contributed by atoms with Crippen molar-refractivity contribution in [1.29, 1.82) is 0 Å². The Labute approximate surface area is 119 Å². The van der Waals surface area contributed by atoms with Crippen LogP contribution in [0.25, 0.3) is 6.08 Å². The summed E-state index contributed by atoms with van der Waals surface area (Å²) in [5.74, 6) is 0.869. The van der Waals surface area contributed by atoms with E-state index in [1.165, 1.54) is 0 Å². The molecule has 1 saturated heterocycles. The highest BCUT2D eigenvalue weighted by Gasteiger charge is 2.12. The fourth-order valence-corrected chi connectivity index (χ4v) is 1.99. The highest BCUT2D eigenvalue weighted by molar-refractivity contribution is 5.91. The minimum atomic E-state index is 0.0680. The van der Waals surface area contributed by atoms with E-state index in [1.807, 2.05) is 35.2 Å². The smallest absolute Gasteiger partial charge is 0.246 e. The Hall–Kier alpha value is -2.07. The van der Waals surface area contributed by atoms with Gasteiger partial charge in [0.2, 0.25) is 5.91 Å². The first-order valence-corrected chi connectivity index (χ1v) is 6.81. The number of hydrogen-bond acceptors (Lipinski definition) is 3. The molecule has 1 aromatic rings. The lowest BCUT2D eigenvalue weighted by Gasteiger charge is -2.26. The quantitative estimate of drug-likeness (QED) is 0.655. The van der Waals surface area contributed by atoms with Gasteiger partial charge in [0.25, 0.3) is 0 Å². The van der Waals surface area contributed by atoms with E-state index in [-0.39, 0.29) is 5.91 Å². The molecule has 1 aromatic carbocycles. The fraction of sp³-hybridized carbons (Fsp3) is 0.312. The molecule has 0 unspecified atom stereocenters. The summed E-state index contributed by atoms with van der Waals surface area (Å²) in [5.41, 5.74) is 0.986. The zero-order valence-corrected chi connectivity index (χ0v) is 11.5. The zero-order chi connectivity index (χ0) is 14.2. The minimum absolute atomic E-state index is 0.0680. The second kappa shape index (κ2) is 7.50. The van der Waals surface area contributed by atoms with Gasteiger partial charge in [0, 0.05) is 32.3 Å². The average molecular weight is 272 g/mol. The number of ether oxygens (including phenoxy) is 1. The van der Waals surface area contributed by atoms with Gasteiger partial charge in [-0.3, -0.25) is 4.79 Å². The van der Waals surface area contributed by atoms with E-state index in [2.05, 4.69) is 11.9 Å². The van der Waals surface area contributed by atoms with Crippen LogP contribution in [-0.4, -0.2) is 43.6 Å². The van der Waals surface area contributed by atoms with Gasteiger partial charge in [-0.1, -0.05) is 24.8 Å². The van der Waals surface area contributed by atoms with Crippen LogP contribution in [0, 0.1) is 0 Å². The van der Waals surface area contributed by atoms with Crippen LogP contribution in [-0.2, 0) is 4.79 Å². The summed E-state index contributed by atoms with van der Waals surface area (Å²) in [6.45, 7) is 7.39. The Morgan fingerprint density at radius 1 is 1.30 bits per heavy atom. The van der Waals surface area contributed by atoms with Crippen LogP contribution >= 0.6 is 0 Å². The number of nitrogens with one attached hydrogen (secondary N) is 1. The Morgan fingerprint density at radius 3 is 2.65 bits per heavy atom. The number of piperazine rings is 1. The van der Waals surface area contributed by atoms with Crippen molar-refractivity contribution in [2.75, 3.05) is 32.8 Å². The van der Waals surface area contributed by atoms with Gasteiger partial charge in [0.05, 0.1) is 0 Å². The van der Waals surface area contributed by atoms with Crippen LogP contribution in [0.1, 0.15) is 5.56 Å². The summed E-state index contributed by atoms with van der Waals surface area (Å²) in [6, 6.07) is 7.64. The normalized spacial score (nSPS) is 15.3. The second-order valence-electron chi connectivity index (χ2n) is 4.58. The molecule has 1 N–H and O–H groups in total. The molecule has 0 aromatic heterocycles. The Kier molecular flexibility index (Phi) is 5.38. The third-order valence-corrected chi connectivity index (χ3v) is 3.09. The van der Waals surface area contributed by atoms with Crippen molar-refractivity contribution in [1.82, 2.24) is 10.2 Å². The first kappa shape index (κ1) is 14.3. The molecule has 0 atom stereocenters. The molecule has 4 nitrogen and oxygen atoms in total. The number of hydrogen-bond donors (Lipinski definition) is 1. The van der Waals surface area contributed by atoms with Gasteiger partial charge < -0.3 is 15.0 Å². The summed E-state index contributed by atoms with van der Waals surface area (Å²) in [7, 11) is 0. The van der Waals surface area contributed by atoms with E-state index in [9.17, 15) is 4.79 Å². The van der Waals surface area contributed by atoms with Gasteiger partial charge in [-0.2, -0.15) is 0 Å². The number of carbonyl (C=O) groups is 1. The van der Waals surface area contributed by atoms with Gasteiger partial charge in [-0.15, -0.1) is 0 Å². The molecule has 1 fully saturated rings. The second-order valence-corrected chi connectivity index (χ2v) is 4.58. The average Bonchev–Trinajstić information content (AvgIpc) is 2.52. The van der Waals surface area contributed by atoms with Gasteiger partial charge in [-0.25, -0.2) is 0 Å². The van der Waals surface area contributed by atoms with Crippen molar-refractivity contribution < 1.29 is 9.53 Å². The Morgan fingerprint density at radius 2 is 2.00 bits per heavy atom. The third-order valence-electron chi connectivity index (χ3n) is 3.09. The maximum atomic E-state index is 12.0. The molecule has 1 heterocycles. The van der Waals surface area contributed by atoms with Crippen LogP contribution in [0.15, 0.2) is 43.0 Å². The number of rotatable bonds is 5. The van der Waals surface area contributed by atoms with Gasteiger partial charge >= 0.3 is 0 Å². The highest BCUT2D eigenvalue weighted by atomic mass is 16.5. The fourth-order valence-electron chi connectivity index (χ4n) is 1.99. The van der Waals surface area contributed by atoms with Crippen LogP contribution < -0.4 is 10.1 Å². The molecule has 1 aliphatic rings. The molecule has 1 amide bonds. The first-order valence-electron chi connectivity index (χ1n) is 6.81. The molecule has 1 aliphatic heterocycles. The number of carbonyl (C=O) groups excluding carboxylic acids is 1. The standard InChI is InChI=1S/C16H20N2O2/c1-2-13-20-15-6-3-14(4-7-15)5-8-16(19)18-11-9-17-10-12-18/h2-8,17H,1,9-13H2/b8-5+. The number of nitrogens with zero attached hydrogens (tertiary/aromatic N) is 1. The minimum Gasteiger partial charge on any atom is -0.490 e. The third kappa shape index (κ3) is 4.24. The summed E-state index contributed by atoms with van der Waals surface area (Å²) < 4.78 is 5.41. The van der Waals surface area contributed by atoms with E-state index < -0.39 is 0 Å². The molecule has 0 radical (unpaired) electrons. The lowest BCUT2D eigenvalue weighted by molar-refractivity contribution is -0.126. The lowest BCUT2D eigenvalue weighted by Crippen LogP contribution is -2.45. The van der Waals surface area contributed by atoms with E-state index in [0.29, 0.717) is 6.61 Å². The Balaban J connectivity index is 1.89. The van der Waals surface area contributed by atoms with Crippen molar-refractivity contribution in [3.8, 4) is 5.75 Å². The summed E-state index contributed by atoms with van der Waals surface area (Å²) in [5, 5.41) is 3.23. The van der Waals surface area contributed by atoms with Crippen LogP contribution in [0.2, 0.25) is 0 Å². The molecule has 0 bridgehead atoms. The van der Waals surface area contributed by atoms with E-state index in [4.69, 9.17) is 4.74 Å². The van der Waals surface area contributed by atoms with Crippen molar-refractivity contribution >= 4 is 12.0 Å². The first-order chi connectivity index (χ1) is 9.79. The maximum Gasteiger partial charge on any atom is 0.246 e. The predicted octanol–water partition coefficient (Wildman–Crippen LogP) is 1.70. The predicted molar refractivity (Wildman–Crippen MR) is 80.6 cm³/mol. The highest BCUT2D eigenvalue weighted by Crippen LogP contribution is 2.13.